The van der Waals surface area contributed by atoms with Crippen LogP contribution in [-0.4, -0.2) is 22.7 Å². The van der Waals surface area contributed by atoms with Crippen LogP contribution in [0.3, 0.4) is 0 Å². The van der Waals surface area contributed by atoms with E-state index >= 15 is 0 Å². The second kappa shape index (κ2) is 6.94. The van der Waals surface area contributed by atoms with E-state index in [1.807, 2.05) is 0 Å². The highest BCUT2D eigenvalue weighted by Gasteiger charge is 2.19. The first-order valence-electron chi connectivity index (χ1n) is 7.33. The highest BCUT2D eigenvalue weighted by Crippen LogP contribution is 2.29. The van der Waals surface area contributed by atoms with Gasteiger partial charge in [0.25, 0.3) is 0 Å². The van der Waals surface area contributed by atoms with Gasteiger partial charge in [0.05, 0.1) is 11.4 Å². The van der Waals surface area contributed by atoms with E-state index in [0.717, 1.165) is 22.9 Å². The van der Waals surface area contributed by atoms with Crippen LogP contribution in [0.4, 0.5) is 0 Å². The Bertz CT molecular complexity index is 445. The number of carbonyl (C=O) groups excluding carboxylic acids is 1. The lowest BCUT2D eigenvalue weighted by molar-refractivity contribution is -0.119. The summed E-state index contributed by atoms with van der Waals surface area (Å²) in [6.45, 7) is 6.48. The molecule has 3 nitrogen and oxygen atoms in total. The second-order valence-corrected chi connectivity index (χ2v) is 8.52. The van der Waals surface area contributed by atoms with Gasteiger partial charge in [-0.3, -0.25) is 4.79 Å². The van der Waals surface area contributed by atoms with Crippen molar-refractivity contribution in [2.24, 2.45) is 0 Å². The predicted octanol–water partition coefficient (Wildman–Crippen LogP) is 3.98. The van der Waals surface area contributed by atoms with Crippen molar-refractivity contribution >= 4 is 29.0 Å². The SMILES string of the molecule is CC(C)(C)c1csc(SCC(=O)NC2CCCCC2)n1. The Morgan fingerprint density at radius 3 is 2.70 bits per heavy atom. The quantitative estimate of drug-likeness (QED) is 0.855. The summed E-state index contributed by atoms with van der Waals surface area (Å²) in [6.07, 6.45) is 6.10. The molecule has 0 saturated heterocycles. The normalized spacial score (nSPS) is 17.1. The fourth-order valence-corrected chi connectivity index (χ4v) is 4.18. The van der Waals surface area contributed by atoms with Crippen molar-refractivity contribution in [1.29, 1.82) is 0 Å². The molecule has 1 N–H and O–H groups in total. The Morgan fingerprint density at radius 2 is 2.10 bits per heavy atom. The van der Waals surface area contributed by atoms with E-state index in [4.69, 9.17) is 0 Å². The fourth-order valence-electron chi connectivity index (χ4n) is 2.31. The second-order valence-electron chi connectivity index (χ2n) is 6.44. The molecule has 1 fully saturated rings. The molecule has 0 spiro atoms. The summed E-state index contributed by atoms with van der Waals surface area (Å²) in [6, 6.07) is 0.401. The Balaban J connectivity index is 1.76. The molecule has 0 aromatic carbocycles. The Labute approximate surface area is 129 Å². The van der Waals surface area contributed by atoms with Crippen LogP contribution in [0, 0.1) is 0 Å². The number of thiazole rings is 1. The zero-order chi connectivity index (χ0) is 14.6. The largest absolute Gasteiger partial charge is 0.353 e. The van der Waals surface area contributed by atoms with E-state index in [1.54, 1.807) is 23.1 Å². The summed E-state index contributed by atoms with van der Waals surface area (Å²) in [5, 5.41) is 5.24. The molecular weight excluding hydrogens is 288 g/mol. The van der Waals surface area contributed by atoms with Gasteiger partial charge in [0.1, 0.15) is 0 Å². The minimum Gasteiger partial charge on any atom is -0.353 e. The number of aromatic nitrogens is 1. The van der Waals surface area contributed by atoms with Gasteiger partial charge in [-0.2, -0.15) is 0 Å². The summed E-state index contributed by atoms with van der Waals surface area (Å²) < 4.78 is 0.994. The number of amides is 1. The molecule has 0 aliphatic heterocycles. The molecule has 1 amide bonds. The maximum atomic E-state index is 11.9. The summed E-state index contributed by atoms with van der Waals surface area (Å²) in [7, 11) is 0. The number of hydrogen-bond acceptors (Lipinski definition) is 4. The molecule has 0 radical (unpaired) electrons. The summed E-state index contributed by atoms with van der Waals surface area (Å²) >= 11 is 3.19. The average Bonchev–Trinajstić information content (AvgIpc) is 2.86. The van der Waals surface area contributed by atoms with Crippen LogP contribution in [0.2, 0.25) is 0 Å². The van der Waals surface area contributed by atoms with Crippen molar-refractivity contribution in [3.8, 4) is 0 Å². The third-order valence-corrected chi connectivity index (χ3v) is 5.57. The molecule has 1 aromatic rings. The van der Waals surface area contributed by atoms with Crippen molar-refractivity contribution < 1.29 is 4.79 Å². The van der Waals surface area contributed by atoms with Crippen molar-refractivity contribution in [3.63, 3.8) is 0 Å². The maximum Gasteiger partial charge on any atom is 0.230 e. The molecule has 2 rings (SSSR count). The summed E-state index contributed by atoms with van der Waals surface area (Å²) in [5.41, 5.74) is 1.19. The van der Waals surface area contributed by atoms with E-state index in [0.29, 0.717) is 11.8 Å². The molecule has 112 valence electrons. The number of thioether (sulfide) groups is 1. The van der Waals surface area contributed by atoms with Crippen molar-refractivity contribution in [2.45, 2.75) is 68.7 Å². The van der Waals surface area contributed by atoms with Crippen LogP contribution in [-0.2, 0) is 10.2 Å². The molecular formula is C15H24N2OS2. The van der Waals surface area contributed by atoms with Gasteiger partial charge in [0, 0.05) is 16.8 Å². The smallest absolute Gasteiger partial charge is 0.230 e. The van der Waals surface area contributed by atoms with E-state index < -0.39 is 0 Å². The predicted molar refractivity (Wildman–Crippen MR) is 86.6 cm³/mol. The zero-order valence-corrected chi connectivity index (χ0v) is 14.2. The molecule has 1 aromatic heterocycles. The first-order chi connectivity index (χ1) is 9.45. The third-order valence-electron chi connectivity index (χ3n) is 3.55. The van der Waals surface area contributed by atoms with Gasteiger partial charge in [-0.25, -0.2) is 4.98 Å². The van der Waals surface area contributed by atoms with Gasteiger partial charge in [-0.05, 0) is 12.8 Å². The minimum absolute atomic E-state index is 0.0830. The maximum absolute atomic E-state index is 11.9. The molecule has 0 atom stereocenters. The van der Waals surface area contributed by atoms with Crippen LogP contribution in [0.15, 0.2) is 9.72 Å². The molecule has 0 unspecified atom stereocenters. The molecule has 20 heavy (non-hydrogen) atoms. The molecule has 1 aliphatic rings. The van der Waals surface area contributed by atoms with Crippen LogP contribution < -0.4 is 5.32 Å². The third kappa shape index (κ3) is 4.77. The van der Waals surface area contributed by atoms with Gasteiger partial charge in [0.15, 0.2) is 4.34 Å². The fraction of sp³-hybridized carbons (Fsp3) is 0.733. The van der Waals surface area contributed by atoms with Gasteiger partial charge in [-0.1, -0.05) is 51.8 Å². The first kappa shape index (κ1) is 15.8. The molecule has 1 aliphatic carbocycles. The minimum atomic E-state index is 0.0830. The van der Waals surface area contributed by atoms with Gasteiger partial charge in [0.2, 0.25) is 5.91 Å². The van der Waals surface area contributed by atoms with Gasteiger partial charge >= 0.3 is 0 Å². The molecule has 1 saturated carbocycles. The molecule has 1 heterocycles. The topological polar surface area (TPSA) is 42.0 Å². The summed E-state index contributed by atoms with van der Waals surface area (Å²) in [4.78, 5) is 16.5. The van der Waals surface area contributed by atoms with Crippen molar-refractivity contribution in [1.82, 2.24) is 10.3 Å². The number of rotatable bonds is 4. The number of nitrogens with zero attached hydrogens (tertiary/aromatic N) is 1. The summed E-state index contributed by atoms with van der Waals surface area (Å²) in [5.74, 6) is 0.627. The highest BCUT2D eigenvalue weighted by atomic mass is 32.2. The van der Waals surface area contributed by atoms with Crippen LogP contribution >= 0.6 is 23.1 Å². The van der Waals surface area contributed by atoms with Gasteiger partial charge in [-0.15, -0.1) is 11.3 Å². The standard InChI is InChI=1S/C15H24N2OS2/c1-15(2,3)12-9-19-14(17-12)20-10-13(18)16-11-7-5-4-6-8-11/h9,11H,4-8,10H2,1-3H3,(H,16,18). The molecule has 5 heteroatoms. The van der Waals surface area contributed by atoms with E-state index in [9.17, 15) is 4.79 Å². The zero-order valence-electron chi connectivity index (χ0n) is 12.6. The van der Waals surface area contributed by atoms with Crippen molar-refractivity contribution in [2.75, 3.05) is 5.75 Å². The van der Waals surface area contributed by atoms with Crippen LogP contribution in [0.25, 0.3) is 0 Å². The number of nitrogens with one attached hydrogen (secondary N) is 1. The van der Waals surface area contributed by atoms with Crippen molar-refractivity contribution in [3.05, 3.63) is 11.1 Å². The Kier molecular flexibility index (Phi) is 5.49. The first-order valence-corrected chi connectivity index (χ1v) is 9.20. The van der Waals surface area contributed by atoms with E-state index in [2.05, 4.69) is 36.5 Å². The lowest BCUT2D eigenvalue weighted by atomic mass is 9.93. The van der Waals surface area contributed by atoms with E-state index in [-0.39, 0.29) is 11.3 Å². The van der Waals surface area contributed by atoms with Crippen LogP contribution in [0.5, 0.6) is 0 Å². The van der Waals surface area contributed by atoms with Gasteiger partial charge < -0.3 is 5.32 Å². The molecule has 0 bridgehead atoms. The number of carbonyl (C=O) groups is 1. The lowest BCUT2D eigenvalue weighted by Crippen LogP contribution is -2.37. The monoisotopic (exact) mass is 312 g/mol. The lowest BCUT2D eigenvalue weighted by Gasteiger charge is -2.22. The highest BCUT2D eigenvalue weighted by molar-refractivity contribution is 8.01. The Morgan fingerprint density at radius 1 is 1.40 bits per heavy atom. The average molecular weight is 313 g/mol. The number of hydrogen-bond donors (Lipinski definition) is 1. The van der Waals surface area contributed by atoms with E-state index in [1.165, 1.54) is 19.3 Å². The Hall–Kier alpha value is -0.550. The van der Waals surface area contributed by atoms with Crippen LogP contribution in [0.1, 0.15) is 58.6 Å².